The SMILES string of the molecule is O=C1C=CC2C(CCN(CO)[C@@H]2Cc2cc(O)c(O)cc2Cl)C1. The third kappa shape index (κ3) is 3.22. The number of halogens is 1. The highest BCUT2D eigenvalue weighted by Crippen LogP contribution is 2.39. The minimum absolute atomic E-state index is 0.00421. The molecule has 2 unspecified atom stereocenters. The van der Waals surface area contributed by atoms with Gasteiger partial charge in [0.2, 0.25) is 0 Å². The summed E-state index contributed by atoms with van der Waals surface area (Å²) in [6, 6.07) is 2.80. The molecule has 3 N–H and O–H groups in total. The van der Waals surface area contributed by atoms with E-state index in [1.165, 1.54) is 12.1 Å². The Labute approximate surface area is 139 Å². The standard InChI is InChI=1S/C17H20ClNO4/c18-14-8-17(23)16(22)7-11(14)6-15-13-2-1-12(21)5-10(13)3-4-19(15)9-20/h1-2,7-8,10,13,15,20,22-23H,3-6,9H2/t10?,13?,15-/m1/s1. The zero-order valence-electron chi connectivity index (χ0n) is 12.7. The molecule has 0 spiro atoms. The molecule has 1 saturated heterocycles. The quantitative estimate of drug-likeness (QED) is 0.736. The number of benzene rings is 1. The molecule has 1 heterocycles. The molecule has 1 aliphatic heterocycles. The van der Waals surface area contributed by atoms with Gasteiger partial charge in [-0.2, -0.15) is 0 Å². The first-order valence-electron chi connectivity index (χ1n) is 7.76. The number of phenolic OH excluding ortho intramolecular Hbond substituents is 2. The summed E-state index contributed by atoms with van der Waals surface area (Å²) in [4.78, 5) is 13.6. The lowest BCUT2D eigenvalue weighted by Crippen LogP contribution is -2.51. The summed E-state index contributed by atoms with van der Waals surface area (Å²) < 4.78 is 0. The Morgan fingerprint density at radius 1 is 1.26 bits per heavy atom. The summed E-state index contributed by atoms with van der Waals surface area (Å²) in [7, 11) is 0. The van der Waals surface area contributed by atoms with E-state index in [4.69, 9.17) is 11.6 Å². The first kappa shape index (κ1) is 16.3. The van der Waals surface area contributed by atoms with Crippen molar-refractivity contribution in [3.05, 3.63) is 34.9 Å². The molecule has 2 aliphatic rings. The van der Waals surface area contributed by atoms with Gasteiger partial charge in [0.05, 0.1) is 6.73 Å². The van der Waals surface area contributed by atoms with Crippen LogP contribution in [0, 0.1) is 11.8 Å². The van der Waals surface area contributed by atoms with Crippen molar-refractivity contribution >= 4 is 17.4 Å². The highest BCUT2D eigenvalue weighted by atomic mass is 35.5. The van der Waals surface area contributed by atoms with Crippen LogP contribution >= 0.6 is 11.6 Å². The molecule has 1 fully saturated rings. The molecular formula is C17H20ClNO4. The first-order valence-corrected chi connectivity index (χ1v) is 8.13. The Balaban J connectivity index is 1.90. The van der Waals surface area contributed by atoms with Gasteiger partial charge in [-0.1, -0.05) is 17.7 Å². The minimum atomic E-state index is -0.248. The van der Waals surface area contributed by atoms with Crippen LogP contribution in [0.25, 0.3) is 0 Å². The van der Waals surface area contributed by atoms with Crippen LogP contribution in [-0.2, 0) is 11.2 Å². The average molecular weight is 338 g/mol. The summed E-state index contributed by atoms with van der Waals surface area (Å²) in [6.45, 7) is 0.669. The number of fused-ring (bicyclic) bond motifs is 1. The fourth-order valence-corrected chi connectivity index (χ4v) is 3.97. The molecule has 5 nitrogen and oxygen atoms in total. The number of hydrogen-bond acceptors (Lipinski definition) is 5. The molecule has 1 aromatic carbocycles. The van der Waals surface area contributed by atoms with E-state index in [1.54, 1.807) is 6.08 Å². The highest BCUT2D eigenvalue weighted by Gasteiger charge is 2.39. The summed E-state index contributed by atoms with van der Waals surface area (Å²) >= 11 is 6.19. The van der Waals surface area contributed by atoms with E-state index >= 15 is 0 Å². The number of rotatable bonds is 3. The number of aromatic hydroxyl groups is 2. The van der Waals surface area contributed by atoms with Crippen LogP contribution in [0.3, 0.4) is 0 Å². The van der Waals surface area contributed by atoms with Crippen LogP contribution in [0.1, 0.15) is 18.4 Å². The second-order valence-electron chi connectivity index (χ2n) is 6.31. The normalized spacial score (nSPS) is 27.9. The minimum Gasteiger partial charge on any atom is -0.504 e. The maximum atomic E-state index is 11.6. The summed E-state index contributed by atoms with van der Waals surface area (Å²) in [5.41, 5.74) is 0.719. The number of ketones is 1. The van der Waals surface area contributed by atoms with E-state index in [0.29, 0.717) is 17.9 Å². The first-order chi connectivity index (χ1) is 11.0. The van der Waals surface area contributed by atoms with Crippen molar-refractivity contribution in [1.29, 1.82) is 0 Å². The van der Waals surface area contributed by atoms with E-state index in [-0.39, 0.29) is 41.9 Å². The van der Waals surface area contributed by atoms with Crippen molar-refractivity contribution in [1.82, 2.24) is 4.90 Å². The number of nitrogens with zero attached hydrogens (tertiary/aromatic N) is 1. The lowest BCUT2D eigenvalue weighted by atomic mass is 9.72. The van der Waals surface area contributed by atoms with E-state index in [2.05, 4.69) is 0 Å². The maximum absolute atomic E-state index is 11.6. The monoisotopic (exact) mass is 337 g/mol. The number of aliphatic hydroxyl groups excluding tert-OH is 1. The number of hydrogen-bond donors (Lipinski definition) is 3. The summed E-state index contributed by atoms with van der Waals surface area (Å²) in [5.74, 6) is 0.150. The number of carbonyl (C=O) groups is 1. The maximum Gasteiger partial charge on any atom is 0.158 e. The van der Waals surface area contributed by atoms with Crippen molar-refractivity contribution in [3.63, 3.8) is 0 Å². The molecule has 0 bridgehead atoms. The summed E-state index contributed by atoms with van der Waals surface area (Å²) in [6.07, 6.45) is 5.53. The van der Waals surface area contributed by atoms with E-state index in [1.807, 2.05) is 11.0 Å². The van der Waals surface area contributed by atoms with Gasteiger partial charge >= 0.3 is 0 Å². The average Bonchev–Trinajstić information content (AvgIpc) is 2.52. The van der Waals surface area contributed by atoms with Crippen molar-refractivity contribution < 1.29 is 20.1 Å². The molecule has 0 saturated carbocycles. The highest BCUT2D eigenvalue weighted by molar-refractivity contribution is 6.31. The number of carbonyl (C=O) groups excluding carboxylic acids is 1. The Morgan fingerprint density at radius 2 is 2.00 bits per heavy atom. The summed E-state index contributed by atoms with van der Waals surface area (Å²) in [5, 5.41) is 29.3. The van der Waals surface area contributed by atoms with Gasteiger partial charge in [-0.05, 0) is 42.4 Å². The van der Waals surface area contributed by atoms with E-state index < -0.39 is 0 Å². The molecule has 3 atom stereocenters. The molecule has 6 heteroatoms. The van der Waals surface area contributed by atoms with Gasteiger partial charge in [0.25, 0.3) is 0 Å². The van der Waals surface area contributed by atoms with Crippen molar-refractivity contribution in [2.24, 2.45) is 11.8 Å². The van der Waals surface area contributed by atoms with Crippen molar-refractivity contribution in [3.8, 4) is 11.5 Å². The predicted molar refractivity (Wildman–Crippen MR) is 86.4 cm³/mol. The van der Waals surface area contributed by atoms with Crippen LogP contribution < -0.4 is 0 Å². The Bertz CT molecular complexity index is 646. The second-order valence-corrected chi connectivity index (χ2v) is 6.72. The predicted octanol–water partition coefficient (Wildman–Crippen LogP) is 2.08. The third-order valence-electron chi connectivity index (χ3n) is 4.97. The van der Waals surface area contributed by atoms with E-state index in [9.17, 15) is 20.1 Å². The van der Waals surface area contributed by atoms with Crippen LogP contribution in [0.4, 0.5) is 0 Å². The topological polar surface area (TPSA) is 81.0 Å². The fourth-order valence-electron chi connectivity index (χ4n) is 3.73. The largest absolute Gasteiger partial charge is 0.504 e. The van der Waals surface area contributed by atoms with Crippen LogP contribution in [-0.4, -0.2) is 45.3 Å². The molecule has 0 radical (unpaired) electrons. The smallest absolute Gasteiger partial charge is 0.158 e. The van der Waals surface area contributed by atoms with Crippen LogP contribution in [0.2, 0.25) is 5.02 Å². The zero-order chi connectivity index (χ0) is 16.6. The Hall–Kier alpha value is -1.56. The third-order valence-corrected chi connectivity index (χ3v) is 5.32. The molecule has 3 rings (SSSR count). The molecular weight excluding hydrogens is 318 g/mol. The number of likely N-dealkylation sites (tertiary alicyclic amines) is 1. The number of phenols is 2. The van der Waals surface area contributed by atoms with Gasteiger partial charge in [0, 0.05) is 30.1 Å². The van der Waals surface area contributed by atoms with Gasteiger partial charge in [0.15, 0.2) is 17.3 Å². The Morgan fingerprint density at radius 3 is 2.74 bits per heavy atom. The molecule has 23 heavy (non-hydrogen) atoms. The van der Waals surface area contributed by atoms with Gasteiger partial charge in [-0.3, -0.25) is 9.69 Å². The van der Waals surface area contributed by atoms with Gasteiger partial charge in [0.1, 0.15) is 0 Å². The number of allylic oxidation sites excluding steroid dienone is 1. The Kier molecular flexibility index (Phi) is 4.62. The molecule has 0 aromatic heterocycles. The van der Waals surface area contributed by atoms with Gasteiger partial charge < -0.3 is 15.3 Å². The lowest BCUT2D eigenvalue weighted by molar-refractivity contribution is -0.117. The van der Waals surface area contributed by atoms with E-state index in [0.717, 1.165) is 18.5 Å². The number of piperidine rings is 1. The van der Waals surface area contributed by atoms with Crippen molar-refractivity contribution in [2.45, 2.75) is 25.3 Å². The second kappa shape index (κ2) is 6.51. The number of aliphatic hydroxyl groups is 1. The van der Waals surface area contributed by atoms with Crippen LogP contribution in [0.15, 0.2) is 24.3 Å². The molecule has 0 amide bonds. The molecule has 1 aliphatic carbocycles. The lowest BCUT2D eigenvalue weighted by Gasteiger charge is -2.45. The van der Waals surface area contributed by atoms with Gasteiger partial charge in [-0.25, -0.2) is 0 Å². The van der Waals surface area contributed by atoms with Crippen LogP contribution in [0.5, 0.6) is 11.5 Å². The fraction of sp³-hybridized carbons (Fsp3) is 0.471. The molecule has 1 aromatic rings. The van der Waals surface area contributed by atoms with Gasteiger partial charge in [-0.15, -0.1) is 0 Å². The van der Waals surface area contributed by atoms with Crippen molar-refractivity contribution in [2.75, 3.05) is 13.3 Å². The zero-order valence-corrected chi connectivity index (χ0v) is 13.4. The molecule has 124 valence electrons.